The molecule has 0 aliphatic rings. The van der Waals surface area contributed by atoms with Crippen molar-refractivity contribution in [1.29, 1.82) is 0 Å². The number of rotatable bonds is 6. The fourth-order valence-electron chi connectivity index (χ4n) is 2.77. The van der Waals surface area contributed by atoms with Crippen LogP contribution in [0, 0.1) is 19.8 Å². The lowest BCUT2D eigenvalue weighted by molar-refractivity contribution is -0.121. The molecule has 2 rings (SSSR count). The van der Waals surface area contributed by atoms with Gasteiger partial charge >= 0.3 is 0 Å². The Hall–Kier alpha value is -2.54. The first-order valence-electron chi connectivity index (χ1n) is 8.68. The summed E-state index contributed by atoms with van der Waals surface area (Å²) in [5.41, 5.74) is 7.70. The molecule has 0 fully saturated rings. The first kappa shape index (κ1) is 20.8. The number of amides is 2. The van der Waals surface area contributed by atoms with E-state index in [4.69, 9.17) is 16.3 Å². The third kappa shape index (κ3) is 5.23. The number of benzene rings is 1. The van der Waals surface area contributed by atoms with E-state index in [1.165, 1.54) is 13.2 Å². The van der Waals surface area contributed by atoms with Crippen molar-refractivity contribution in [2.75, 3.05) is 7.11 Å². The van der Waals surface area contributed by atoms with Crippen molar-refractivity contribution in [2.24, 2.45) is 5.92 Å². The monoisotopic (exact) mass is 392 g/mol. The van der Waals surface area contributed by atoms with Gasteiger partial charge in [0.1, 0.15) is 5.75 Å². The summed E-state index contributed by atoms with van der Waals surface area (Å²) in [7, 11) is 1.46. The standard InChI is InChI=1S/C19H25ClN4O3/c1-11(2)10-24-13(4)15(12(3)23-24)9-18(25)21-22-19(26)16-8-14(20)6-7-17(16)27-5/h6-8,11H,9-10H2,1-5H3,(H,21,25)(H,22,26). The number of methoxy groups -OCH3 is 1. The zero-order valence-corrected chi connectivity index (χ0v) is 17.0. The molecule has 0 bridgehead atoms. The fraction of sp³-hybridized carbons (Fsp3) is 0.421. The van der Waals surface area contributed by atoms with Gasteiger partial charge in [0.05, 0.1) is 24.8 Å². The number of carbonyl (C=O) groups excluding carboxylic acids is 2. The molecule has 2 aromatic rings. The number of aromatic nitrogens is 2. The molecule has 0 saturated carbocycles. The highest BCUT2D eigenvalue weighted by Gasteiger charge is 2.17. The van der Waals surface area contributed by atoms with E-state index in [1.807, 2.05) is 18.5 Å². The molecule has 1 aromatic heterocycles. The van der Waals surface area contributed by atoms with Crippen LogP contribution < -0.4 is 15.6 Å². The lowest BCUT2D eigenvalue weighted by Gasteiger charge is -2.11. The molecule has 2 amide bonds. The number of carbonyl (C=O) groups is 2. The van der Waals surface area contributed by atoms with Gasteiger partial charge in [-0.3, -0.25) is 25.1 Å². The minimum Gasteiger partial charge on any atom is -0.496 e. The average Bonchev–Trinajstić information content (AvgIpc) is 2.86. The van der Waals surface area contributed by atoms with Crippen molar-refractivity contribution >= 4 is 23.4 Å². The number of nitrogens with zero attached hydrogens (tertiary/aromatic N) is 2. The quantitative estimate of drug-likeness (QED) is 0.740. The Balaban J connectivity index is 2.02. The molecule has 0 aliphatic carbocycles. The molecule has 8 heteroatoms. The van der Waals surface area contributed by atoms with Gasteiger partial charge in [0.2, 0.25) is 5.91 Å². The number of aryl methyl sites for hydroxylation is 1. The number of hydrogen-bond acceptors (Lipinski definition) is 4. The highest BCUT2D eigenvalue weighted by molar-refractivity contribution is 6.31. The summed E-state index contributed by atoms with van der Waals surface area (Å²) in [6, 6.07) is 4.69. The Kier molecular flexibility index (Phi) is 6.85. The second kappa shape index (κ2) is 8.90. The smallest absolute Gasteiger partial charge is 0.273 e. The third-order valence-corrected chi connectivity index (χ3v) is 4.36. The molecule has 27 heavy (non-hydrogen) atoms. The lowest BCUT2D eigenvalue weighted by atomic mass is 10.1. The predicted octanol–water partition coefficient (Wildman–Crippen LogP) is 2.82. The summed E-state index contributed by atoms with van der Waals surface area (Å²) in [5.74, 6) is -0.0178. The van der Waals surface area contributed by atoms with Crippen molar-refractivity contribution in [2.45, 2.75) is 40.7 Å². The van der Waals surface area contributed by atoms with Crippen molar-refractivity contribution < 1.29 is 14.3 Å². The van der Waals surface area contributed by atoms with E-state index in [1.54, 1.807) is 12.1 Å². The zero-order valence-electron chi connectivity index (χ0n) is 16.2. The van der Waals surface area contributed by atoms with Crippen molar-refractivity contribution in [3.8, 4) is 5.75 Å². The Morgan fingerprint density at radius 1 is 1.26 bits per heavy atom. The van der Waals surface area contributed by atoms with Crippen LogP contribution >= 0.6 is 11.6 Å². The maximum Gasteiger partial charge on any atom is 0.273 e. The Bertz CT molecular complexity index is 846. The van der Waals surface area contributed by atoms with E-state index in [-0.39, 0.29) is 17.9 Å². The minimum absolute atomic E-state index is 0.128. The molecular weight excluding hydrogens is 368 g/mol. The van der Waals surface area contributed by atoms with Crippen LogP contribution in [0.2, 0.25) is 5.02 Å². The summed E-state index contributed by atoms with van der Waals surface area (Å²) in [6.07, 6.45) is 0.128. The van der Waals surface area contributed by atoms with E-state index >= 15 is 0 Å². The molecule has 2 N–H and O–H groups in total. The predicted molar refractivity (Wildman–Crippen MR) is 104 cm³/mol. The fourth-order valence-corrected chi connectivity index (χ4v) is 2.94. The summed E-state index contributed by atoms with van der Waals surface area (Å²) >= 11 is 5.93. The molecule has 146 valence electrons. The normalized spacial score (nSPS) is 10.8. The van der Waals surface area contributed by atoms with Gasteiger partial charge in [0.15, 0.2) is 0 Å². The van der Waals surface area contributed by atoms with Crippen LogP contribution in [0.1, 0.15) is 41.2 Å². The van der Waals surface area contributed by atoms with Gasteiger partial charge in [-0.05, 0) is 38.0 Å². The summed E-state index contributed by atoms with van der Waals surface area (Å²) in [4.78, 5) is 24.6. The number of nitrogens with one attached hydrogen (secondary N) is 2. The summed E-state index contributed by atoms with van der Waals surface area (Å²) < 4.78 is 7.06. The van der Waals surface area contributed by atoms with Gasteiger partial charge in [-0.2, -0.15) is 5.10 Å². The number of hydrogen-bond donors (Lipinski definition) is 2. The molecule has 0 atom stereocenters. The molecule has 0 unspecified atom stereocenters. The number of halogens is 1. The van der Waals surface area contributed by atoms with E-state index in [2.05, 4.69) is 29.8 Å². The largest absolute Gasteiger partial charge is 0.496 e. The van der Waals surface area contributed by atoms with Gasteiger partial charge in [0, 0.05) is 22.8 Å². The Labute approximate surface area is 164 Å². The third-order valence-electron chi connectivity index (χ3n) is 4.13. The van der Waals surface area contributed by atoms with Gasteiger partial charge < -0.3 is 4.74 Å². The van der Waals surface area contributed by atoms with E-state index in [0.29, 0.717) is 16.7 Å². The Morgan fingerprint density at radius 3 is 2.59 bits per heavy atom. The maximum absolute atomic E-state index is 12.3. The van der Waals surface area contributed by atoms with Crippen LogP contribution in [-0.4, -0.2) is 28.7 Å². The molecule has 0 aliphatic heterocycles. The first-order chi connectivity index (χ1) is 12.7. The second-order valence-electron chi connectivity index (χ2n) is 6.75. The minimum atomic E-state index is -0.508. The average molecular weight is 393 g/mol. The van der Waals surface area contributed by atoms with Gasteiger partial charge in [-0.15, -0.1) is 0 Å². The second-order valence-corrected chi connectivity index (χ2v) is 7.19. The van der Waals surface area contributed by atoms with E-state index in [0.717, 1.165) is 23.5 Å². The van der Waals surface area contributed by atoms with Gasteiger partial charge in [-0.1, -0.05) is 25.4 Å². The molecular formula is C19H25ClN4O3. The highest BCUT2D eigenvalue weighted by atomic mass is 35.5. The topological polar surface area (TPSA) is 85.2 Å². The highest BCUT2D eigenvalue weighted by Crippen LogP contribution is 2.22. The lowest BCUT2D eigenvalue weighted by Crippen LogP contribution is -2.42. The van der Waals surface area contributed by atoms with E-state index in [9.17, 15) is 9.59 Å². The SMILES string of the molecule is COc1ccc(Cl)cc1C(=O)NNC(=O)Cc1c(C)nn(CC(C)C)c1C. The molecule has 7 nitrogen and oxygen atoms in total. The van der Waals surface area contributed by atoms with Crippen LogP contribution in [0.15, 0.2) is 18.2 Å². The molecule has 1 aromatic carbocycles. The number of hydrazine groups is 1. The van der Waals surface area contributed by atoms with Crippen LogP contribution in [0.5, 0.6) is 5.75 Å². The van der Waals surface area contributed by atoms with Gasteiger partial charge in [0.25, 0.3) is 5.91 Å². The molecule has 0 spiro atoms. The van der Waals surface area contributed by atoms with Crippen LogP contribution in [0.25, 0.3) is 0 Å². The molecule has 0 saturated heterocycles. The Morgan fingerprint density at radius 2 is 1.96 bits per heavy atom. The zero-order chi connectivity index (χ0) is 20.1. The van der Waals surface area contributed by atoms with Crippen LogP contribution in [0.4, 0.5) is 0 Å². The maximum atomic E-state index is 12.3. The van der Waals surface area contributed by atoms with Crippen LogP contribution in [0.3, 0.4) is 0 Å². The van der Waals surface area contributed by atoms with E-state index < -0.39 is 5.91 Å². The number of ether oxygens (including phenoxy) is 1. The van der Waals surface area contributed by atoms with Crippen LogP contribution in [-0.2, 0) is 17.8 Å². The van der Waals surface area contributed by atoms with Gasteiger partial charge in [-0.25, -0.2) is 0 Å². The van der Waals surface area contributed by atoms with Crippen molar-refractivity contribution in [3.05, 3.63) is 45.7 Å². The van der Waals surface area contributed by atoms with Crippen molar-refractivity contribution in [3.63, 3.8) is 0 Å². The van der Waals surface area contributed by atoms with Crippen molar-refractivity contribution in [1.82, 2.24) is 20.6 Å². The molecule has 0 radical (unpaired) electrons. The molecule has 1 heterocycles. The summed E-state index contributed by atoms with van der Waals surface area (Å²) in [6.45, 7) is 8.84. The summed E-state index contributed by atoms with van der Waals surface area (Å²) in [5, 5.41) is 4.90. The first-order valence-corrected chi connectivity index (χ1v) is 9.06.